The van der Waals surface area contributed by atoms with E-state index in [2.05, 4.69) is 4.90 Å². The number of hydrogen-bond donors (Lipinski definition) is 0. The first-order valence-corrected chi connectivity index (χ1v) is 8.60. The number of amides is 1. The number of ether oxygens (including phenoxy) is 2. The van der Waals surface area contributed by atoms with Gasteiger partial charge in [0, 0.05) is 38.3 Å². The maximum Gasteiger partial charge on any atom is 0.256 e. The number of carbonyl (C=O) groups excluding carboxylic acids is 1. The van der Waals surface area contributed by atoms with Crippen molar-refractivity contribution in [3.8, 4) is 11.5 Å². The predicted octanol–water partition coefficient (Wildman–Crippen LogP) is 2.80. The zero-order valence-corrected chi connectivity index (χ0v) is 15.1. The van der Waals surface area contributed by atoms with Gasteiger partial charge in [-0.3, -0.25) is 9.69 Å². The molecule has 1 aliphatic heterocycles. The van der Waals surface area contributed by atoms with Crippen molar-refractivity contribution in [1.82, 2.24) is 9.80 Å². The van der Waals surface area contributed by atoms with E-state index in [-0.39, 0.29) is 11.5 Å². The number of methoxy groups -OCH3 is 2. The number of hydrogen-bond acceptors (Lipinski definition) is 4. The summed E-state index contributed by atoms with van der Waals surface area (Å²) in [5.74, 6) is 0.723. The second-order valence-electron chi connectivity index (χ2n) is 6.20. The Morgan fingerprint density at radius 2 is 1.73 bits per heavy atom. The van der Waals surface area contributed by atoms with E-state index >= 15 is 0 Å². The highest BCUT2D eigenvalue weighted by Crippen LogP contribution is 2.31. The molecule has 1 heterocycles. The summed E-state index contributed by atoms with van der Waals surface area (Å²) in [6.45, 7) is 3.29. The van der Waals surface area contributed by atoms with Gasteiger partial charge in [-0.15, -0.1) is 0 Å². The van der Waals surface area contributed by atoms with Gasteiger partial charge in [0.15, 0.2) is 11.5 Å². The van der Waals surface area contributed by atoms with Gasteiger partial charge < -0.3 is 14.4 Å². The molecule has 2 aromatic carbocycles. The number of piperazine rings is 1. The molecular formula is C20H23FN2O3. The van der Waals surface area contributed by atoms with Crippen molar-refractivity contribution in [3.05, 3.63) is 59.4 Å². The van der Waals surface area contributed by atoms with Gasteiger partial charge in [-0.1, -0.05) is 24.3 Å². The molecule has 0 aromatic heterocycles. The Hall–Kier alpha value is -2.60. The summed E-state index contributed by atoms with van der Waals surface area (Å²) in [4.78, 5) is 16.5. The monoisotopic (exact) mass is 358 g/mol. The van der Waals surface area contributed by atoms with E-state index in [1.165, 1.54) is 12.1 Å². The topological polar surface area (TPSA) is 42.0 Å². The third-order valence-corrected chi connectivity index (χ3v) is 4.64. The van der Waals surface area contributed by atoms with Gasteiger partial charge in [-0.2, -0.15) is 0 Å². The lowest BCUT2D eigenvalue weighted by Crippen LogP contribution is -2.48. The lowest BCUT2D eigenvalue weighted by molar-refractivity contribution is 0.0623. The van der Waals surface area contributed by atoms with Crippen LogP contribution < -0.4 is 9.47 Å². The molecule has 0 bridgehead atoms. The van der Waals surface area contributed by atoms with Crippen LogP contribution in [0.2, 0.25) is 0 Å². The maximum absolute atomic E-state index is 13.8. The van der Waals surface area contributed by atoms with Crippen LogP contribution in [0.15, 0.2) is 42.5 Å². The summed E-state index contributed by atoms with van der Waals surface area (Å²) in [6, 6.07) is 11.9. The predicted molar refractivity (Wildman–Crippen MR) is 97.1 cm³/mol. The highest BCUT2D eigenvalue weighted by molar-refractivity contribution is 5.94. The van der Waals surface area contributed by atoms with Crippen molar-refractivity contribution in [3.63, 3.8) is 0 Å². The average molecular weight is 358 g/mol. The minimum Gasteiger partial charge on any atom is -0.493 e. The zero-order valence-electron chi connectivity index (χ0n) is 15.1. The van der Waals surface area contributed by atoms with Crippen LogP contribution in [0.5, 0.6) is 11.5 Å². The molecule has 0 unspecified atom stereocenters. The minimum absolute atomic E-state index is 0.135. The van der Waals surface area contributed by atoms with Crippen LogP contribution in [0.25, 0.3) is 0 Å². The molecule has 1 aliphatic rings. The molecule has 26 heavy (non-hydrogen) atoms. The molecule has 0 atom stereocenters. The quantitative estimate of drug-likeness (QED) is 0.824. The first kappa shape index (κ1) is 18.2. The van der Waals surface area contributed by atoms with E-state index in [1.807, 2.05) is 18.2 Å². The van der Waals surface area contributed by atoms with Crippen molar-refractivity contribution >= 4 is 5.91 Å². The number of rotatable bonds is 5. The third kappa shape index (κ3) is 3.80. The van der Waals surface area contributed by atoms with Gasteiger partial charge in [0.05, 0.1) is 19.8 Å². The number of nitrogens with zero attached hydrogens (tertiary/aromatic N) is 2. The second-order valence-corrected chi connectivity index (χ2v) is 6.20. The largest absolute Gasteiger partial charge is 0.493 e. The molecule has 6 heteroatoms. The van der Waals surface area contributed by atoms with Crippen LogP contribution in [0, 0.1) is 5.82 Å². The minimum atomic E-state index is -0.471. The van der Waals surface area contributed by atoms with E-state index in [1.54, 1.807) is 31.3 Å². The molecule has 138 valence electrons. The van der Waals surface area contributed by atoms with Gasteiger partial charge >= 0.3 is 0 Å². The standard InChI is InChI=1S/C20H23FN2O3/c1-25-18-9-5-6-15(19(18)26-2)14-22-10-12-23(13-11-22)20(24)16-7-3-4-8-17(16)21/h3-9H,10-14H2,1-2H3. The Balaban J connectivity index is 1.63. The van der Waals surface area contributed by atoms with Crippen LogP contribution in [-0.2, 0) is 6.54 Å². The summed E-state index contributed by atoms with van der Waals surface area (Å²) >= 11 is 0. The fraction of sp³-hybridized carbons (Fsp3) is 0.350. The smallest absolute Gasteiger partial charge is 0.256 e. The summed E-state index contributed by atoms with van der Waals surface area (Å²) < 4.78 is 24.7. The summed E-state index contributed by atoms with van der Waals surface area (Å²) in [6.07, 6.45) is 0. The average Bonchev–Trinajstić information content (AvgIpc) is 2.68. The fourth-order valence-corrected chi connectivity index (χ4v) is 3.23. The normalized spacial score (nSPS) is 15.0. The molecule has 0 N–H and O–H groups in total. The van der Waals surface area contributed by atoms with Crippen LogP contribution in [-0.4, -0.2) is 56.1 Å². The Labute approximate surface area is 152 Å². The summed E-state index contributed by atoms with van der Waals surface area (Å²) in [5.41, 5.74) is 1.18. The molecule has 2 aromatic rings. The zero-order chi connectivity index (χ0) is 18.5. The Bertz CT molecular complexity index is 773. The van der Waals surface area contributed by atoms with Gasteiger partial charge in [0.1, 0.15) is 5.82 Å². The second kappa shape index (κ2) is 8.19. The van der Waals surface area contributed by atoms with Crippen molar-refractivity contribution in [2.45, 2.75) is 6.54 Å². The first-order chi connectivity index (χ1) is 12.6. The van der Waals surface area contributed by atoms with Crippen LogP contribution >= 0.6 is 0 Å². The van der Waals surface area contributed by atoms with Crippen molar-refractivity contribution in [1.29, 1.82) is 0 Å². The third-order valence-electron chi connectivity index (χ3n) is 4.64. The SMILES string of the molecule is COc1cccc(CN2CCN(C(=O)c3ccccc3F)CC2)c1OC. The first-order valence-electron chi connectivity index (χ1n) is 8.60. The summed E-state index contributed by atoms with van der Waals surface area (Å²) in [5, 5.41) is 0. The Morgan fingerprint density at radius 3 is 2.38 bits per heavy atom. The van der Waals surface area contributed by atoms with Crippen LogP contribution in [0.4, 0.5) is 4.39 Å². The molecule has 0 aliphatic carbocycles. The van der Waals surface area contributed by atoms with Gasteiger partial charge in [-0.25, -0.2) is 4.39 Å². The molecule has 1 fully saturated rings. The fourth-order valence-electron chi connectivity index (χ4n) is 3.23. The maximum atomic E-state index is 13.8. The Morgan fingerprint density at radius 1 is 1.00 bits per heavy atom. The molecule has 1 saturated heterocycles. The molecule has 5 nitrogen and oxygen atoms in total. The van der Waals surface area contributed by atoms with E-state index < -0.39 is 5.82 Å². The van der Waals surface area contributed by atoms with E-state index in [4.69, 9.17) is 9.47 Å². The highest BCUT2D eigenvalue weighted by Gasteiger charge is 2.24. The molecule has 0 saturated carbocycles. The number of benzene rings is 2. The van der Waals surface area contributed by atoms with Crippen molar-refractivity contribution in [2.75, 3.05) is 40.4 Å². The lowest BCUT2D eigenvalue weighted by Gasteiger charge is -2.35. The van der Waals surface area contributed by atoms with Crippen LogP contribution in [0.1, 0.15) is 15.9 Å². The molecule has 0 spiro atoms. The van der Waals surface area contributed by atoms with Crippen molar-refractivity contribution in [2.24, 2.45) is 0 Å². The molecular weight excluding hydrogens is 335 g/mol. The van der Waals surface area contributed by atoms with Gasteiger partial charge in [-0.05, 0) is 18.2 Å². The number of carbonyl (C=O) groups is 1. The molecule has 0 radical (unpaired) electrons. The lowest BCUT2D eigenvalue weighted by atomic mass is 10.1. The summed E-state index contributed by atoms with van der Waals surface area (Å²) in [7, 11) is 3.25. The molecule has 3 rings (SSSR count). The van der Waals surface area contributed by atoms with E-state index in [9.17, 15) is 9.18 Å². The highest BCUT2D eigenvalue weighted by atomic mass is 19.1. The van der Waals surface area contributed by atoms with E-state index in [0.29, 0.717) is 25.4 Å². The van der Waals surface area contributed by atoms with E-state index in [0.717, 1.165) is 24.4 Å². The van der Waals surface area contributed by atoms with Gasteiger partial charge in [0.25, 0.3) is 5.91 Å². The van der Waals surface area contributed by atoms with Crippen LogP contribution in [0.3, 0.4) is 0 Å². The van der Waals surface area contributed by atoms with Crippen molar-refractivity contribution < 1.29 is 18.7 Å². The van der Waals surface area contributed by atoms with Gasteiger partial charge in [0.2, 0.25) is 0 Å². The Kier molecular flexibility index (Phi) is 5.73. The number of halogens is 1. The number of para-hydroxylation sites is 1. The molecule has 1 amide bonds.